The molecule has 0 heterocycles. The molecule has 0 radical (unpaired) electrons. The molecule has 0 bridgehead atoms. The maximum atomic E-state index is 6.12. The van der Waals surface area contributed by atoms with E-state index in [1.807, 2.05) is 0 Å². The van der Waals surface area contributed by atoms with Crippen LogP contribution in [0.3, 0.4) is 0 Å². The molecule has 4 atom stereocenters. The molecule has 0 N–H and O–H groups in total. The van der Waals surface area contributed by atoms with Gasteiger partial charge in [-0.3, -0.25) is 0 Å². The van der Waals surface area contributed by atoms with E-state index in [2.05, 4.69) is 20.8 Å². The van der Waals surface area contributed by atoms with Crippen LogP contribution in [0.5, 0.6) is 0 Å². The molecular weight excluding hydrogens is 167 g/mol. The molecule has 2 heteroatoms. The maximum Gasteiger partial charge on any atom is 0.0404 e. The predicted octanol–water partition coefficient (Wildman–Crippen LogP) is 3.12. The van der Waals surface area contributed by atoms with Gasteiger partial charge in [0.15, 0.2) is 0 Å². The van der Waals surface area contributed by atoms with Crippen LogP contribution in [0.15, 0.2) is 0 Å². The Morgan fingerprint density at radius 1 is 0.700 bits per heavy atom. The second-order valence-electron chi connectivity index (χ2n) is 3.47. The van der Waals surface area contributed by atoms with Crippen molar-refractivity contribution < 1.29 is 0 Å². The number of hydrogen-bond donors (Lipinski definition) is 0. The smallest absolute Gasteiger partial charge is 0.0404 e. The van der Waals surface area contributed by atoms with Gasteiger partial charge in [-0.1, -0.05) is 20.8 Å². The molecule has 0 nitrogen and oxygen atoms in total. The Morgan fingerprint density at radius 3 is 1.10 bits per heavy atom. The zero-order valence-corrected chi connectivity index (χ0v) is 8.15. The van der Waals surface area contributed by atoms with Gasteiger partial charge in [0, 0.05) is 10.8 Å². The highest BCUT2D eigenvalue weighted by Gasteiger charge is 2.41. The molecule has 0 aromatic heterocycles. The molecule has 1 aliphatic carbocycles. The molecule has 0 saturated heterocycles. The lowest BCUT2D eigenvalue weighted by Gasteiger charge is -2.11. The second kappa shape index (κ2) is 2.91. The lowest BCUT2D eigenvalue weighted by atomic mass is 10.0. The second-order valence-corrected chi connectivity index (χ2v) is 4.47. The summed E-state index contributed by atoms with van der Waals surface area (Å²) in [6.07, 6.45) is 0. The van der Waals surface area contributed by atoms with Gasteiger partial charge in [-0.15, -0.1) is 23.2 Å². The zero-order chi connectivity index (χ0) is 7.89. The Kier molecular flexibility index (Phi) is 2.52. The van der Waals surface area contributed by atoms with E-state index in [9.17, 15) is 0 Å². The van der Waals surface area contributed by atoms with E-state index < -0.39 is 0 Å². The summed E-state index contributed by atoms with van der Waals surface area (Å²) < 4.78 is 0. The molecule has 1 aliphatic rings. The van der Waals surface area contributed by atoms with Gasteiger partial charge in [-0.25, -0.2) is 0 Å². The molecule has 0 aliphatic heterocycles. The van der Waals surface area contributed by atoms with Crippen LogP contribution in [-0.2, 0) is 0 Å². The lowest BCUT2D eigenvalue weighted by molar-refractivity contribution is 0.464. The van der Waals surface area contributed by atoms with Crippen LogP contribution in [0.4, 0.5) is 0 Å². The highest BCUT2D eigenvalue weighted by molar-refractivity contribution is 6.25. The minimum absolute atomic E-state index is 0.275. The summed E-state index contributed by atoms with van der Waals surface area (Å²) in [6.45, 7) is 6.50. The molecular formula is C8H14Cl2. The molecule has 0 aromatic carbocycles. The van der Waals surface area contributed by atoms with Gasteiger partial charge in [0.25, 0.3) is 0 Å². The Morgan fingerprint density at radius 2 is 1.00 bits per heavy atom. The molecule has 4 unspecified atom stereocenters. The van der Waals surface area contributed by atoms with Crippen LogP contribution < -0.4 is 0 Å². The number of halogens is 2. The third-order valence-electron chi connectivity index (χ3n) is 2.84. The lowest BCUT2D eigenvalue weighted by Crippen LogP contribution is -2.12. The van der Waals surface area contributed by atoms with Crippen molar-refractivity contribution in [2.75, 3.05) is 0 Å². The van der Waals surface area contributed by atoms with Crippen molar-refractivity contribution in [2.24, 2.45) is 17.8 Å². The fourth-order valence-corrected chi connectivity index (χ4v) is 2.56. The monoisotopic (exact) mass is 180 g/mol. The summed E-state index contributed by atoms with van der Waals surface area (Å²) in [4.78, 5) is 0. The normalized spacial score (nSPS) is 55.5. The Balaban J connectivity index is 2.68. The van der Waals surface area contributed by atoms with Crippen LogP contribution in [0.1, 0.15) is 20.8 Å². The van der Waals surface area contributed by atoms with Crippen molar-refractivity contribution in [3.63, 3.8) is 0 Å². The van der Waals surface area contributed by atoms with Crippen LogP contribution >= 0.6 is 23.2 Å². The average molecular weight is 181 g/mol. The predicted molar refractivity (Wildman–Crippen MR) is 46.8 cm³/mol. The summed E-state index contributed by atoms with van der Waals surface area (Å²) in [5.41, 5.74) is 0. The van der Waals surface area contributed by atoms with Gasteiger partial charge < -0.3 is 0 Å². The van der Waals surface area contributed by atoms with Gasteiger partial charge in [-0.05, 0) is 17.8 Å². The summed E-state index contributed by atoms with van der Waals surface area (Å²) in [6, 6.07) is 0. The summed E-state index contributed by atoms with van der Waals surface area (Å²) >= 11 is 12.2. The first-order valence-corrected chi connectivity index (χ1v) is 4.71. The zero-order valence-electron chi connectivity index (χ0n) is 6.64. The SMILES string of the molecule is CC1C(C)C(Cl)C(C)C1Cl. The van der Waals surface area contributed by atoms with E-state index >= 15 is 0 Å². The molecule has 0 amide bonds. The third-order valence-corrected chi connectivity index (χ3v) is 4.43. The van der Waals surface area contributed by atoms with Crippen molar-refractivity contribution in [2.45, 2.75) is 31.5 Å². The number of alkyl halides is 2. The summed E-state index contributed by atoms with van der Waals surface area (Å²) in [7, 11) is 0. The van der Waals surface area contributed by atoms with Crippen molar-refractivity contribution >= 4 is 23.2 Å². The largest absolute Gasteiger partial charge is 0.122 e. The average Bonchev–Trinajstić information content (AvgIpc) is 2.07. The van der Waals surface area contributed by atoms with Crippen LogP contribution in [0.25, 0.3) is 0 Å². The van der Waals surface area contributed by atoms with E-state index in [-0.39, 0.29) is 10.8 Å². The van der Waals surface area contributed by atoms with E-state index in [1.54, 1.807) is 0 Å². The maximum absolute atomic E-state index is 6.12. The van der Waals surface area contributed by atoms with Gasteiger partial charge in [0.2, 0.25) is 0 Å². The molecule has 0 spiro atoms. The van der Waals surface area contributed by atoms with Crippen LogP contribution in [0, 0.1) is 17.8 Å². The van der Waals surface area contributed by atoms with Gasteiger partial charge in [0.1, 0.15) is 0 Å². The fraction of sp³-hybridized carbons (Fsp3) is 1.00. The van der Waals surface area contributed by atoms with E-state index in [4.69, 9.17) is 23.2 Å². The van der Waals surface area contributed by atoms with Crippen molar-refractivity contribution in [3.8, 4) is 0 Å². The van der Waals surface area contributed by atoms with Crippen molar-refractivity contribution in [3.05, 3.63) is 0 Å². The number of hydrogen-bond acceptors (Lipinski definition) is 0. The van der Waals surface area contributed by atoms with E-state index in [0.717, 1.165) is 0 Å². The van der Waals surface area contributed by atoms with Crippen molar-refractivity contribution in [1.29, 1.82) is 0 Å². The van der Waals surface area contributed by atoms with E-state index in [1.165, 1.54) is 0 Å². The fourth-order valence-electron chi connectivity index (χ4n) is 1.71. The van der Waals surface area contributed by atoms with Crippen LogP contribution in [0.2, 0.25) is 0 Å². The van der Waals surface area contributed by atoms with Crippen molar-refractivity contribution in [1.82, 2.24) is 0 Å². The minimum Gasteiger partial charge on any atom is -0.122 e. The topological polar surface area (TPSA) is 0 Å². The first kappa shape index (κ1) is 8.67. The van der Waals surface area contributed by atoms with E-state index in [0.29, 0.717) is 17.8 Å². The molecule has 1 fully saturated rings. The highest BCUT2D eigenvalue weighted by atomic mass is 35.5. The molecule has 1 rings (SSSR count). The molecule has 0 aromatic rings. The summed E-state index contributed by atoms with van der Waals surface area (Å²) in [5.74, 6) is 1.60. The molecule has 10 heavy (non-hydrogen) atoms. The van der Waals surface area contributed by atoms with Gasteiger partial charge in [0.05, 0.1) is 0 Å². The first-order valence-electron chi connectivity index (χ1n) is 3.84. The highest BCUT2D eigenvalue weighted by Crippen LogP contribution is 2.42. The minimum atomic E-state index is 0.275. The van der Waals surface area contributed by atoms with Gasteiger partial charge in [-0.2, -0.15) is 0 Å². The Bertz CT molecular complexity index is 79.6. The number of rotatable bonds is 0. The van der Waals surface area contributed by atoms with Gasteiger partial charge >= 0.3 is 0 Å². The quantitative estimate of drug-likeness (QED) is 0.503. The first-order chi connectivity index (χ1) is 4.55. The summed E-state index contributed by atoms with van der Waals surface area (Å²) in [5, 5.41) is 0.551. The van der Waals surface area contributed by atoms with Crippen LogP contribution in [-0.4, -0.2) is 10.8 Å². The molecule has 60 valence electrons. The standard InChI is InChI=1S/C8H14Cl2/c1-4-5(2)8(10)6(3)7(4)9/h4-8H,1-3H3. The third kappa shape index (κ3) is 1.16. The Hall–Kier alpha value is 0.580. The Labute approximate surface area is 72.9 Å². The molecule has 1 saturated carbocycles.